The molecule has 3 heteroatoms. The molecule has 0 fully saturated rings. The molecule has 100 valence electrons. The van der Waals surface area contributed by atoms with Crippen LogP contribution in [0.15, 0.2) is 18.2 Å². The number of hydrogen-bond acceptors (Lipinski definition) is 3. The molecule has 1 atom stereocenters. The van der Waals surface area contributed by atoms with Crippen LogP contribution >= 0.6 is 0 Å². The van der Waals surface area contributed by atoms with E-state index >= 15 is 0 Å². The van der Waals surface area contributed by atoms with Crippen LogP contribution in [0.1, 0.15) is 44.5 Å². The quantitative estimate of drug-likeness (QED) is 0.692. The van der Waals surface area contributed by atoms with E-state index in [-0.39, 0.29) is 11.7 Å². The van der Waals surface area contributed by atoms with Crippen LogP contribution in [0.25, 0.3) is 0 Å². The van der Waals surface area contributed by atoms with Crippen LogP contribution in [0.2, 0.25) is 0 Å². The minimum atomic E-state index is 0.0393. The van der Waals surface area contributed by atoms with Gasteiger partial charge in [0.25, 0.3) is 0 Å². The van der Waals surface area contributed by atoms with Gasteiger partial charge in [0.2, 0.25) is 0 Å². The summed E-state index contributed by atoms with van der Waals surface area (Å²) in [6.07, 6.45) is 0.843. The zero-order valence-electron chi connectivity index (χ0n) is 11.7. The molecule has 0 aliphatic carbocycles. The van der Waals surface area contributed by atoms with Gasteiger partial charge in [0.05, 0.1) is 13.2 Å². The van der Waals surface area contributed by atoms with Crippen LogP contribution in [-0.4, -0.2) is 19.0 Å². The summed E-state index contributed by atoms with van der Waals surface area (Å²) in [7, 11) is 0. The van der Waals surface area contributed by atoms with Gasteiger partial charge >= 0.3 is 0 Å². The van der Waals surface area contributed by atoms with Crippen LogP contribution in [0, 0.1) is 5.92 Å². The number of Topliss-reactive ketones (excluding diaryl/α,β-unsaturated/α-hetero) is 1. The smallest absolute Gasteiger partial charge is 0.165 e. The van der Waals surface area contributed by atoms with Gasteiger partial charge in [-0.2, -0.15) is 0 Å². The molecule has 1 rings (SSSR count). The van der Waals surface area contributed by atoms with Crippen LogP contribution < -0.4 is 9.47 Å². The molecule has 0 saturated carbocycles. The van der Waals surface area contributed by atoms with E-state index in [4.69, 9.17) is 9.47 Å². The number of ketones is 1. The van der Waals surface area contributed by atoms with Crippen LogP contribution in [0.3, 0.4) is 0 Å². The number of ether oxygens (including phenoxy) is 2. The Morgan fingerprint density at radius 2 is 1.72 bits per heavy atom. The predicted octanol–water partition coefficient (Wildman–Crippen LogP) is 3.71. The number of carbonyl (C=O) groups is 1. The second-order valence-electron chi connectivity index (χ2n) is 4.20. The van der Waals surface area contributed by atoms with E-state index in [1.54, 1.807) is 6.07 Å². The Morgan fingerprint density at radius 1 is 1.11 bits per heavy atom. The van der Waals surface area contributed by atoms with E-state index in [1.807, 2.05) is 39.8 Å². The Kier molecular flexibility index (Phi) is 5.69. The summed E-state index contributed by atoms with van der Waals surface area (Å²) in [6, 6.07) is 5.40. The third-order valence-corrected chi connectivity index (χ3v) is 2.89. The molecule has 0 bridgehead atoms. The highest BCUT2D eigenvalue weighted by atomic mass is 16.5. The first-order valence-electron chi connectivity index (χ1n) is 6.57. The first kappa shape index (κ1) is 14.6. The molecule has 0 N–H and O–H groups in total. The van der Waals surface area contributed by atoms with Crippen molar-refractivity contribution in [1.82, 2.24) is 0 Å². The Morgan fingerprint density at radius 3 is 2.28 bits per heavy atom. The molecular weight excluding hydrogens is 228 g/mol. The number of rotatable bonds is 7. The molecule has 18 heavy (non-hydrogen) atoms. The fourth-order valence-electron chi connectivity index (χ4n) is 1.67. The van der Waals surface area contributed by atoms with Gasteiger partial charge in [0, 0.05) is 11.5 Å². The zero-order chi connectivity index (χ0) is 13.5. The summed E-state index contributed by atoms with van der Waals surface area (Å²) in [5, 5.41) is 0. The van der Waals surface area contributed by atoms with Crippen molar-refractivity contribution in [2.75, 3.05) is 13.2 Å². The molecule has 0 radical (unpaired) electrons. The third kappa shape index (κ3) is 3.49. The van der Waals surface area contributed by atoms with E-state index in [0.717, 1.165) is 6.42 Å². The van der Waals surface area contributed by atoms with Crippen molar-refractivity contribution in [1.29, 1.82) is 0 Å². The van der Waals surface area contributed by atoms with Gasteiger partial charge in [0.1, 0.15) is 0 Å². The average Bonchev–Trinajstić information content (AvgIpc) is 2.39. The van der Waals surface area contributed by atoms with Crippen LogP contribution in [0.5, 0.6) is 11.5 Å². The van der Waals surface area contributed by atoms with Crippen molar-refractivity contribution >= 4 is 5.78 Å². The Hall–Kier alpha value is -1.51. The second kappa shape index (κ2) is 7.04. The van der Waals surface area contributed by atoms with Crippen molar-refractivity contribution in [2.45, 2.75) is 34.1 Å². The fourth-order valence-corrected chi connectivity index (χ4v) is 1.67. The monoisotopic (exact) mass is 250 g/mol. The summed E-state index contributed by atoms with van der Waals surface area (Å²) in [5.74, 6) is 1.53. The largest absolute Gasteiger partial charge is 0.490 e. The summed E-state index contributed by atoms with van der Waals surface area (Å²) in [6.45, 7) is 8.94. The lowest BCUT2D eigenvalue weighted by Crippen LogP contribution is -2.10. The van der Waals surface area contributed by atoms with E-state index in [2.05, 4.69) is 0 Å². The van der Waals surface area contributed by atoms with Crippen molar-refractivity contribution in [3.8, 4) is 11.5 Å². The van der Waals surface area contributed by atoms with E-state index in [0.29, 0.717) is 30.3 Å². The van der Waals surface area contributed by atoms with E-state index in [1.165, 1.54) is 0 Å². The standard InChI is InChI=1S/C15H22O3/c1-5-11(4)15(16)12-8-9-13(17-6-2)14(10-12)18-7-3/h8-11H,5-7H2,1-4H3. The molecule has 1 unspecified atom stereocenters. The maximum absolute atomic E-state index is 12.1. The molecule has 0 aliphatic rings. The molecule has 0 heterocycles. The van der Waals surface area contributed by atoms with E-state index in [9.17, 15) is 4.79 Å². The molecule has 0 spiro atoms. The van der Waals surface area contributed by atoms with Gasteiger partial charge in [-0.05, 0) is 38.5 Å². The molecule has 0 aromatic heterocycles. The zero-order valence-corrected chi connectivity index (χ0v) is 11.7. The first-order chi connectivity index (χ1) is 8.63. The molecular formula is C15H22O3. The normalized spacial score (nSPS) is 12.0. The maximum Gasteiger partial charge on any atom is 0.165 e. The second-order valence-corrected chi connectivity index (χ2v) is 4.20. The molecule has 1 aromatic rings. The van der Waals surface area contributed by atoms with Gasteiger partial charge in [0.15, 0.2) is 17.3 Å². The van der Waals surface area contributed by atoms with Crippen molar-refractivity contribution in [3.05, 3.63) is 23.8 Å². The topological polar surface area (TPSA) is 35.5 Å². The van der Waals surface area contributed by atoms with Gasteiger partial charge < -0.3 is 9.47 Å². The Labute approximate surface area is 109 Å². The lowest BCUT2D eigenvalue weighted by atomic mass is 9.97. The van der Waals surface area contributed by atoms with Gasteiger partial charge in [-0.25, -0.2) is 0 Å². The number of benzene rings is 1. The van der Waals surface area contributed by atoms with E-state index < -0.39 is 0 Å². The summed E-state index contributed by atoms with van der Waals surface area (Å²) in [5.41, 5.74) is 0.691. The van der Waals surface area contributed by atoms with Crippen LogP contribution in [0.4, 0.5) is 0 Å². The molecule has 0 saturated heterocycles. The summed E-state index contributed by atoms with van der Waals surface area (Å²) < 4.78 is 11.0. The van der Waals surface area contributed by atoms with Gasteiger partial charge in [-0.3, -0.25) is 4.79 Å². The molecule has 0 aliphatic heterocycles. The number of hydrogen-bond donors (Lipinski definition) is 0. The highest BCUT2D eigenvalue weighted by Crippen LogP contribution is 2.29. The maximum atomic E-state index is 12.1. The summed E-state index contributed by atoms with van der Waals surface area (Å²) in [4.78, 5) is 12.1. The summed E-state index contributed by atoms with van der Waals surface area (Å²) >= 11 is 0. The minimum Gasteiger partial charge on any atom is -0.490 e. The Bertz CT molecular complexity index is 399. The first-order valence-corrected chi connectivity index (χ1v) is 6.57. The third-order valence-electron chi connectivity index (χ3n) is 2.89. The Balaban J connectivity index is 3.02. The number of carbonyl (C=O) groups excluding carboxylic acids is 1. The average molecular weight is 250 g/mol. The van der Waals surface area contributed by atoms with Gasteiger partial charge in [-0.15, -0.1) is 0 Å². The lowest BCUT2D eigenvalue weighted by molar-refractivity contribution is 0.0926. The highest BCUT2D eigenvalue weighted by Gasteiger charge is 2.15. The minimum absolute atomic E-state index is 0.0393. The van der Waals surface area contributed by atoms with Crippen molar-refractivity contribution in [2.24, 2.45) is 5.92 Å². The molecule has 1 aromatic carbocycles. The fraction of sp³-hybridized carbons (Fsp3) is 0.533. The molecule has 3 nitrogen and oxygen atoms in total. The SMILES string of the molecule is CCOc1ccc(C(=O)C(C)CC)cc1OCC. The molecule has 0 amide bonds. The van der Waals surface area contributed by atoms with Crippen molar-refractivity contribution in [3.63, 3.8) is 0 Å². The van der Waals surface area contributed by atoms with Crippen molar-refractivity contribution < 1.29 is 14.3 Å². The van der Waals surface area contributed by atoms with Crippen LogP contribution in [-0.2, 0) is 0 Å². The highest BCUT2D eigenvalue weighted by molar-refractivity contribution is 5.98. The predicted molar refractivity (Wildman–Crippen MR) is 72.6 cm³/mol. The lowest BCUT2D eigenvalue weighted by Gasteiger charge is -2.13. The van der Waals surface area contributed by atoms with Gasteiger partial charge in [-0.1, -0.05) is 13.8 Å².